The van der Waals surface area contributed by atoms with Gasteiger partial charge in [0.1, 0.15) is 38.8 Å². The second-order valence-electron chi connectivity index (χ2n) is 45.8. The molecule has 0 heterocycles. The zero-order valence-corrected chi connectivity index (χ0v) is 95.3. The number of hydrogen-bond donors (Lipinski definition) is 6. The molecular weight excluding hydrogens is 2050 g/mol. The fourth-order valence-electron chi connectivity index (χ4n) is 20.7. The Morgan fingerprint density at radius 1 is 0.345 bits per heavy atom. The van der Waals surface area contributed by atoms with Crippen LogP contribution >= 0.6 is 55.6 Å². The van der Waals surface area contributed by atoms with Crippen LogP contribution in [0.5, 0.6) is 0 Å². The summed E-state index contributed by atoms with van der Waals surface area (Å²) >= 11 is 10.6. The van der Waals surface area contributed by atoms with Crippen LogP contribution in [0.1, 0.15) is 249 Å². The molecule has 0 aliphatic rings. The molecule has 0 saturated carbocycles. The first-order valence-electron chi connectivity index (χ1n) is 48.0. The molecule has 0 aromatic carbocycles. The third-order valence-electron chi connectivity index (χ3n) is 23.9. The number of carbonyl (C=O) groups excluding carboxylic acids is 9. The van der Waals surface area contributed by atoms with Crippen molar-refractivity contribution in [2.75, 3.05) is 193 Å². The molecule has 10 atom stereocenters. The predicted molar refractivity (Wildman–Crippen MR) is 556 cm³/mol. The highest BCUT2D eigenvalue weighted by Crippen LogP contribution is 2.55. The number of aliphatic hydroxyl groups excluding tert-OH is 2. The van der Waals surface area contributed by atoms with E-state index < -0.39 is 195 Å². The summed E-state index contributed by atoms with van der Waals surface area (Å²) in [6.45, 7) is 40.5. The van der Waals surface area contributed by atoms with Crippen LogP contribution in [0.2, 0.25) is 0 Å². The number of nitrogens with one attached hydrogen (secondary N) is 3. The van der Waals surface area contributed by atoms with Gasteiger partial charge in [-0.25, -0.2) is 4.57 Å². The molecule has 36 heteroatoms. The normalized spacial score (nSPS) is 16.8. The zero-order chi connectivity index (χ0) is 109. The van der Waals surface area contributed by atoms with E-state index in [-0.39, 0.29) is 140 Å². The first-order chi connectivity index (χ1) is 65.2. The Hall–Kier alpha value is -6.70. The molecule has 0 bridgehead atoms. The first kappa shape index (κ1) is 135. The molecule has 0 aliphatic carbocycles. The quantitative estimate of drug-likeness (QED) is 0.00626. The van der Waals surface area contributed by atoms with Crippen molar-refractivity contribution in [3.63, 3.8) is 0 Å². The maximum absolute atomic E-state index is 15.6. The summed E-state index contributed by atoms with van der Waals surface area (Å²) < 4.78 is 94.3. The highest BCUT2D eigenvalue weighted by atomic mass is 79.9. The number of hydrogen-bond acceptors (Lipinski definition) is 29. The lowest BCUT2D eigenvalue weighted by Crippen LogP contribution is -2.50. The molecule has 0 fully saturated rings. The van der Waals surface area contributed by atoms with Crippen LogP contribution in [0.3, 0.4) is 0 Å². The highest BCUT2D eigenvalue weighted by Gasteiger charge is 2.57. The summed E-state index contributed by atoms with van der Waals surface area (Å²) in [7, 11) is 0.847. The van der Waals surface area contributed by atoms with E-state index in [0.29, 0.717) is 88.6 Å². The lowest BCUT2D eigenvalue weighted by molar-refractivity contribution is -0.870. The van der Waals surface area contributed by atoms with Gasteiger partial charge >= 0.3 is 55.6 Å². The summed E-state index contributed by atoms with van der Waals surface area (Å²) in [4.78, 5) is 140. The minimum absolute atomic E-state index is 0.00159. The van der Waals surface area contributed by atoms with Crippen LogP contribution in [-0.4, -0.2) is 290 Å². The number of alkyl halides is 3. The number of carbonyl (C=O) groups is 9. The van der Waals surface area contributed by atoms with Crippen LogP contribution in [0.15, 0.2) is 0 Å². The number of amides is 1. The van der Waals surface area contributed by atoms with E-state index >= 15 is 14.4 Å². The number of aliphatic hydroxyl groups is 2. The number of phosphoric ester groups is 1. The van der Waals surface area contributed by atoms with Gasteiger partial charge in [0.25, 0.3) is 0 Å². The summed E-state index contributed by atoms with van der Waals surface area (Å²) in [5, 5.41) is 29.5. The smallest absolute Gasteiger partial charge is 0.463 e. The standard InChI is InChI=1S/C106H170Br3N4O28P/c1-33-47-131-83(117)98(22,76-103(27,107)88(122)135-51-37-5)71-93(12,13)67-91(8,9)69-95(16,17)79-110-43-40-106(139-63-61-129-58-57-127-55-56-128-59-60-130-66-81(115)65-114,41-44-111-80-96(18,19)70-92(10,11)68-94(14,15)72-99(23,84(118)132-48-34-2)77-104(28,108)89(123)136-52-38-6)42-45-112-82(116)97(20,21)73-100(24,85(119)138-62-64-141-142(125,126)140-54-46-113(30,31)32)74-101(25,86(120)133-49-35-3)75-102(26,87(121)134-50-36-4)78-105(29,109)90(124)137-53-39-7/h1-7,81,110-111,114-115H,40-80H2,8-32H3,(H-,112,116,125,126)/p+1. The largest absolute Gasteiger partial charge is 0.472 e. The van der Waals surface area contributed by atoms with Gasteiger partial charge in [0.15, 0.2) is 46.2 Å². The fraction of sp³-hybridized carbons (Fsp3) is 0.783. The maximum Gasteiger partial charge on any atom is 0.472 e. The van der Waals surface area contributed by atoms with Gasteiger partial charge in [0, 0.05) is 25.0 Å². The molecule has 0 rings (SSSR count). The van der Waals surface area contributed by atoms with Crippen molar-refractivity contribution in [3.8, 4) is 86.4 Å². The monoisotopic (exact) mass is 2220 g/mol. The average Bonchev–Trinajstić information content (AvgIpc) is 0.761. The van der Waals surface area contributed by atoms with Crippen LogP contribution in [0, 0.1) is 151 Å². The van der Waals surface area contributed by atoms with Gasteiger partial charge < -0.3 is 97.1 Å². The van der Waals surface area contributed by atoms with Gasteiger partial charge in [-0.2, -0.15) is 0 Å². The second kappa shape index (κ2) is 61.3. The molecule has 0 aromatic heterocycles. The van der Waals surface area contributed by atoms with Crippen molar-refractivity contribution >= 4 is 109 Å². The number of terminal acetylenes is 7. The van der Waals surface area contributed by atoms with Crippen molar-refractivity contribution in [1.82, 2.24) is 16.0 Å². The number of ether oxygens (including phenoxy) is 13. The lowest BCUT2D eigenvalue weighted by Gasteiger charge is -2.44. The minimum atomic E-state index is -4.72. The Morgan fingerprint density at radius 2 is 0.620 bits per heavy atom. The molecule has 0 aliphatic heterocycles. The summed E-state index contributed by atoms with van der Waals surface area (Å²) in [5.74, 6) is 9.35. The van der Waals surface area contributed by atoms with E-state index in [1.165, 1.54) is 27.7 Å². The molecule has 10 unspecified atom stereocenters. The van der Waals surface area contributed by atoms with Gasteiger partial charge in [-0.1, -0.05) is 186 Å². The van der Waals surface area contributed by atoms with Crippen molar-refractivity contribution in [1.29, 1.82) is 0 Å². The van der Waals surface area contributed by atoms with Crippen LogP contribution < -0.4 is 16.0 Å². The van der Waals surface area contributed by atoms with Crippen LogP contribution in [0.4, 0.5) is 0 Å². The molecule has 1 amide bonds. The number of likely N-dealkylation sites (N-methyl/N-ethyl adjacent to an activating group) is 1. The number of nitrogens with zero attached hydrogens (tertiary/aromatic N) is 1. The van der Waals surface area contributed by atoms with Gasteiger partial charge in [-0.05, 0) is 197 Å². The van der Waals surface area contributed by atoms with E-state index in [9.17, 15) is 43.3 Å². The second-order valence-corrected chi connectivity index (χ2v) is 52.5. The number of quaternary nitrogens is 1. The number of phosphoric acid groups is 1. The minimum Gasteiger partial charge on any atom is -0.463 e. The van der Waals surface area contributed by atoms with Crippen LogP contribution in [0.25, 0.3) is 0 Å². The molecule has 0 radical (unpaired) electrons. The third kappa shape index (κ3) is 53.8. The lowest BCUT2D eigenvalue weighted by atomic mass is 9.60. The Labute approximate surface area is 874 Å². The van der Waals surface area contributed by atoms with E-state index in [1.807, 2.05) is 21.1 Å². The van der Waals surface area contributed by atoms with Crippen molar-refractivity contribution < 1.29 is 138 Å². The molecule has 808 valence electrons. The summed E-state index contributed by atoms with van der Waals surface area (Å²) in [5.41, 5.74) is -13.5. The van der Waals surface area contributed by atoms with E-state index in [1.54, 1.807) is 41.5 Å². The SMILES string of the molecule is C#CCOC(=O)C(C)(Br)CC(C)(CC(C)(C)CC(C)(C)CC(C)(C)CNCCC(CCNCC(C)(C)CC(C)(C)CC(C)(C)CC(C)(CC(C)(Br)C(=O)OCC#C)C(=O)OCC#C)(CCNC(=O)C(C)(C)CC(C)(CC(C)(CC(C)(CC(C)(Br)C(=O)OCC#C)C(=O)OCC#C)C(=O)OCC#C)C(=O)OCCOP(=O)(O)OCC[N+](C)(C)C)OCCOCCOCCOCCOCC(O)CO)C(=O)OCC#C. The molecular formula is C106H171Br3N4O28P+. The summed E-state index contributed by atoms with van der Waals surface area (Å²) in [6.07, 6.45) is 40.0. The third-order valence-corrected chi connectivity index (χ3v) is 26.8. The first-order valence-corrected chi connectivity index (χ1v) is 51.9. The van der Waals surface area contributed by atoms with E-state index in [4.69, 9.17) is 121 Å². The Balaban J connectivity index is 8.73. The van der Waals surface area contributed by atoms with Gasteiger partial charge in [-0.3, -0.25) is 52.2 Å². The molecule has 0 saturated heterocycles. The van der Waals surface area contributed by atoms with Gasteiger partial charge in [0.2, 0.25) is 5.91 Å². The molecule has 32 nitrogen and oxygen atoms in total. The topological polar surface area (TPSA) is 406 Å². The van der Waals surface area contributed by atoms with Gasteiger partial charge in [-0.15, -0.1) is 45.0 Å². The molecule has 6 N–H and O–H groups in total. The average molecular weight is 2220 g/mol. The number of esters is 8. The van der Waals surface area contributed by atoms with Crippen LogP contribution in [-0.2, 0) is 118 Å². The molecule has 0 spiro atoms. The number of halogens is 3. The summed E-state index contributed by atoms with van der Waals surface area (Å²) in [6, 6.07) is 0. The maximum atomic E-state index is 15.6. The molecule has 0 aromatic rings. The van der Waals surface area contributed by atoms with Crippen molar-refractivity contribution in [2.45, 2.75) is 273 Å². The highest BCUT2D eigenvalue weighted by molar-refractivity contribution is 9.10. The Kier molecular flexibility index (Phi) is 58.4. The molecule has 142 heavy (non-hydrogen) atoms. The fourth-order valence-corrected chi connectivity index (χ4v) is 23.6. The van der Waals surface area contributed by atoms with E-state index in [0.717, 1.165) is 0 Å². The van der Waals surface area contributed by atoms with E-state index in [2.05, 4.69) is 188 Å². The zero-order valence-electron chi connectivity index (χ0n) is 89.7. The van der Waals surface area contributed by atoms with Crippen molar-refractivity contribution in [2.24, 2.45) is 65.0 Å². The number of rotatable bonds is 77. The van der Waals surface area contributed by atoms with Crippen molar-refractivity contribution in [3.05, 3.63) is 0 Å². The Morgan fingerprint density at radius 3 is 0.951 bits per heavy atom. The van der Waals surface area contributed by atoms with Gasteiger partial charge in [0.05, 0.1) is 126 Å². The Bertz CT molecular complexity index is 4220. The predicted octanol–water partition coefficient (Wildman–Crippen LogP) is 13.6.